The van der Waals surface area contributed by atoms with Gasteiger partial charge in [-0.25, -0.2) is 26.3 Å². The number of hydrogen-bond donors (Lipinski definition) is 4. The summed E-state index contributed by atoms with van der Waals surface area (Å²) < 4.78 is 91.1. The molecule has 0 bridgehead atoms. The summed E-state index contributed by atoms with van der Waals surface area (Å²) in [5.41, 5.74) is 0.988. The van der Waals surface area contributed by atoms with Gasteiger partial charge in [-0.1, -0.05) is 67.6 Å². The quantitative estimate of drug-likeness (QED) is 0.126. The molecule has 4 nitrogen and oxygen atoms in total. The van der Waals surface area contributed by atoms with Gasteiger partial charge in [-0.3, -0.25) is 0 Å². The van der Waals surface area contributed by atoms with Crippen LogP contribution in [-0.2, 0) is 0 Å². The molecule has 12 aliphatic carbocycles. The van der Waals surface area contributed by atoms with E-state index in [1.54, 1.807) is 20.8 Å². The summed E-state index contributed by atoms with van der Waals surface area (Å²) in [6.45, 7) is 26.9. The predicted molar refractivity (Wildman–Crippen MR) is 299 cm³/mol. The van der Waals surface area contributed by atoms with Crippen molar-refractivity contribution in [2.45, 2.75) is 237 Å². The molecule has 0 aromatic heterocycles. The van der Waals surface area contributed by atoms with E-state index in [2.05, 4.69) is 63.4 Å². The lowest BCUT2D eigenvalue weighted by molar-refractivity contribution is -0.209. The summed E-state index contributed by atoms with van der Waals surface area (Å²) in [6.07, 6.45) is 18.2. The Morgan fingerprint density at radius 2 is 0.675 bits per heavy atom. The van der Waals surface area contributed by atoms with Gasteiger partial charge in [0.2, 0.25) is 0 Å². The average molecular weight is 1150 g/mol. The number of halogens is 7. The molecular formula is C66H101BrF6O4. The van der Waals surface area contributed by atoms with Crippen LogP contribution in [0.15, 0.2) is 36.5 Å². The Bertz CT molecular complexity index is 2130. The van der Waals surface area contributed by atoms with E-state index in [4.69, 9.17) is 0 Å². The zero-order valence-corrected chi connectivity index (χ0v) is 49.9. The number of hydrogen-bond acceptors (Lipinski definition) is 4. The van der Waals surface area contributed by atoms with E-state index in [1.165, 1.54) is 17.6 Å². The second-order valence-electron chi connectivity index (χ2n) is 31.2. The zero-order chi connectivity index (χ0) is 56.0. The van der Waals surface area contributed by atoms with Gasteiger partial charge in [0, 0.05) is 42.3 Å². The topological polar surface area (TPSA) is 80.9 Å². The molecule has 0 aromatic rings. The second kappa shape index (κ2) is 20.4. The molecule has 0 aliphatic heterocycles. The number of fused-ring (bicyclic) bond motifs is 15. The van der Waals surface area contributed by atoms with E-state index in [1.807, 2.05) is 0 Å². The van der Waals surface area contributed by atoms with Crippen LogP contribution in [0.2, 0.25) is 0 Å². The van der Waals surface area contributed by atoms with Gasteiger partial charge in [-0.05, 0) is 273 Å². The van der Waals surface area contributed by atoms with Crippen LogP contribution in [0.25, 0.3) is 0 Å². The summed E-state index contributed by atoms with van der Waals surface area (Å²) >= 11 is 3.57. The van der Waals surface area contributed by atoms with E-state index in [-0.39, 0.29) is 103 Å². The minimum atomic E-state index is -2.67. The molecule has 12 aliphatic rings. The molecule has 0 heterocycles. The fourth-order valence-electron chi connectivity index (χ4n) is 23.3. The fraction of sp³-hybridized carbons (Fsp3) is 0.909. The van der Waals surface area contributed by atoms with Gasteiger partial charge in [-0.2, -0.15) is 0 Å². The Morgan fingerprint density at radius 1 is 0.390 bits per heavy atom. The first kappa shape index (κ1) is 59.3. The first-order chi connectivity index (χ1) is 35.7. The molecule has 0 amide bonds. The molecule has 12 fully saturated rings. The van der Waals surface area contributed by atoms with Crippen LogP contribution in [0.4, 0.5) is 26.3 Å². The molecule has 438 valence electrons. The maximum Gasteiger partial charge on any atom is 0.251 e. The molecule has 12 rings (SSSR count). The van der Waals surface area contributed by atoms with Gasteiger partial charge in [0.05, 0.1) is 23.4 Å². The molecular weight excluding hydrogens is 1050 g/mol. The van der Waals surface area contributed by atoms with Crippen molar-refractivity contribution in [3.8, 4) is 0 Å². The highest BCUT2D eigenvalue weighted by atomic mass is 79.9. The van der Waals surface area contributed by atoms with Crippen LogP contribution in [0.1, 0.15) is 203 Å². The van der Waals surface area contributed by atoms with E-state index in [0.29, 0.717) is 66.6 Å². The Kier molecular flexibility index (Phi) is 15.7. The van der Waals surface area contributed by atoms with Crippen LogP contribution in [0.5, 0.6) is 0 Å². The zero-order valence-electron chi connectivity index (χ0n) is 48.3. The summed E-state index contributed by atoms with van der Waals surface area (Å²) in [5, 5.41) is 41.6. The SMILES string of the molecule is C=C(C)[C@H]1CC[C@H]2[C@@H]3CC(F)(F)[C@H]4C[C@](C)(O)CC[C@@H]4[C@H]3CC[C@]12C.C=C(CBr)[C@H]1CC[C@H]2[C@@H]3CC(F)(F)[C@H]4C[C@](C)(O)CC[C@@H]4[C@H]3CC[C@]12C.C=C(CO)[C@H]1CC[C@H]2[C@@H]3CC(F)(F)[C@H]4C[C@](C)(O)CC[C@@H]4[C@H]3CC[C@]12C. The summed E-state index contributed by atoms with van der Waals surface area (Å²) in [5.74, 6) is -5.40. The van der Waals surface area contributed by atoms with Crippen molar-refractivity contribution in [3.05, 3.63) is 36.5 Å². The molecule has 0 saturated heterocycles. The highest BCUT2D eigenvalue weighted by Gasteiger charge is 2.67. The van der Waals surface area contributed by atoms with Gasteiger partial charge >= 0.3 is 0 Å². The molecule has 12 saturated carbocycles. The number of rotatable bonds is 5. The monoisotopic (exact) mass is 1150 g/mol. The first-order valence-electron chi connectivity index (χ1n) is 31.2. The van der Waals surface area contributed by atoms with Crippen molar-refractivity contribution < 1.29 is 46.8 Å². The lowest BCUT2D eigenvalue weighted by atomic mass is 9.48. The summed E-state index contributed by atoms with van der Waals surface area (Å²) in [7, 11) is 0. The Morgan fingerprint density at radius 3 is 0.974 bits per heavy atom. The number of aliphatic hydroxyl groups excluding tert-OH is 1. The molecule has 77 heavy (non-hydrogen) atoms. The standard InChI is InChI=1S/C22H33BrF2O.C22H34F2O2.C22H34F2O/c1-13(12-23)17-4-5-18-16-10-22(24,25)19-11-20(2,26)8-6-15(19)14(16)7-9-21(17,18)3;1-13(12-25)17-4-5-18-16-10-22(23,24)19-11-20(2,26)8-6-15(19)14(16)7-9-21(17,18)3;1-13(2)17-5-6-18-16-11-22(23,24)19-12-20(3,25)9-7-15(19)14(16)8-10-21(17,18)4/h14-19,26H,1,4-12H2,2-3H3;14-19,25-26H,1,4-12H2,2-3H3;14-19,25H,1,5-12H2,2-4H3/t3*14-,15-,16-,17-,18+,19+,20-,21-/m111/s1. The third-order valence-corrected chi connectivity index (χ3v) is 27.5. The van der Waals surface area contributed by atoms with Gasteiger partial charge in [-0.15, -0.1) is 0 Å². The third-order valence-electron chi connectivity index (χ3n) is 26.8. The molecule has 0 radical (unpaired) electrons. The van der Waals surface area contributed by atoms with Crippen LogP contribution >= 0.6 is 15.9 Å². The Labute approximate surface area is 468 Å². The maximum atomic E-state index is 15.2. The predicted octanol–water partition coefficient (Wildman–Crippen LogP) is 16.8. The van der Waals surface area contributed by atoms with Gasteiger partial charge in [0.15, 0.2) is 0 Å². The number of allylic oxidation sites excluding steroid dienone is 2. The van der Waals surface area contributed by atoms with Crippen LogP contribution in [0.3, 0.4) is 0 Å². The molecule has 11 heteroatoms. The van der Waals surface area contributed by atoms with Gasteiger partial charge in [0.25, 0.3) is 17.8 Å². The van der Waals surface area contributed by atoms with Crippen molar-refractivity contribution >= 4 is 15.9 Å². The molecule has 0 aromatic carbocycles. The third kappa shape index (κ3) is 10.2. The molecule has 0 unspecified atom stereocenters. The van der Waals surface area contributed by atoms with Crippen LogP contribution in [0, 0.1) is 123 Å². The average Bonchev–Trinajstić information content (AvgIpc) is 4.07. The van der Waals surface area contributed by atoms with Crippen molar-refractivity contribution in [1.82, 2.24) is 0 Å². The normalized spacial score (nSPS) is 53.2. The van der Waals surface area contributed by atoms with E-state index < -0.39 is 52.3 Å². The van der Waals surface area contributed by atoms with Gasteiger partial charge < -0.3 is 20.4 Å². The van der Waals surface area contributed by atoms with Crippen molar-refractivity contribution in [1.29, 1.82) is 0 Å². The largest absolute Gasteiger partial charge is 0.392 e. The first-order valence-corrected chi connectivity index (χ1v) is 32.3. The molecule has 24 atom stereocenters. The minimum Gasteiger partial charge on any atom is -0.392 e. The smallest absolute Gasteiger partial charge is 0.251 e. The van der Waals surface area contributed by atoms with Crippen LogP contribution < -0.4 is 0 Å². The lowest BCUT2D eigenvalue weighted by Crippen LogP contribution is -2.57. The lowest BCUT2D eigenvalue weighted by Gasteiger charge is -2.58. The summed E-state index contributed by atoms with van der Waals surface area (Å²) in [6, 6.07) is 0. The highest BCUT2D eigenvalue weighted by Crippen LogP contribution is 2.71. The Hall–Kier alpha value is -0.880. The minimum absolute atomic E-state index is 0.00646. The second-order valence-corrected chi connectivity index (χ2v) is 31.8. The number of aliphatic hydroxyl groups is 4. The van der Waals surface area contributed by atoms with Crippen molar-refractivity contribution in [3.63, 3.8) is 0 Å². The molecule has 4 N–H and O–H groups in total. The molecule has 0 spiro atoms. The van der Waals surface area contributed by atoms with Crippen LogP contribution in [-0.4, -0.2) is 66.9 Å². The van der Waals surface area contributed by atoms with Crippen molar-refractivity contribution in [2.24, 2.45) is 123 Å². The van der Waals surface area contributed by atoms with E-state index in [9.17, 15) is 20.4 Å². The van der Waals surface area contributed by atoms with Gasteiger partial charge in [0.1, 0.15) is 0 Å². The highest BCUT2D eigenvalue weighted by molar-refractivity contribution is 9.09. The fourth-order valence-corrected chi connectivity index (χ4v) is 23.7. The Balaban J connectivity index is 0.000000131. The summed E-state index contributed by atoms with van der Waals surface area (Å²) in [4.78, 5) is 0. The van der Waals surface area contributed by atoms with E-state index >= 15 is 26.3 Å². The van der Waals surface area contributed by atoms with Crippen molar-refractivity contribution in [2.75, 3.05) is 11.9 Å². The van der Waals surface area contributed by atoms with E-state index in [0.717, 1.165) is 101 Å². The number of alkyl halides is 7. The maximum absolute atomic E-state index is 15.2.